The van der Waals surface area contributed by atoms with Gasteiger partial charge >= 0.3 is 0 Å². The Hall–Kier alpha value is -0.800. The van der Waals surface area contributed by atoms with Crippen LogP contribution in [0.2, 0.25) is 0 Å². The van der Waals surface area contributed by atoms with Crippen molar-refractivity contribution < 1.29 is 4.42 Å². The van der Waals surface area contributed by atoms with E-state index in [9.17, 15) is 0 Å². The summed E-state index contributed by atoms with van der Waals surface area (Å²) in [6.45, 7) is 2.12. The van der Waals surface area contributed by atoms with Crippen molar-refractivity contribution in [1.29, 1.82) is 0 Å². The molecule has 0 amide bonds. The highest BCUT2D eigenvalue weighted by Crippen LogP contribution is 2.28. The molecule has 3 heteroatoms. The van der Waals surface area contributed by atoms with E-state index in [0.29, 0.717) is 6.04 Å². The largest absolute Gasteiger partial charge is 0.464 e. The molecule has 0 saturated carbocycles. The zero-order chi connectivity index (χ0) is 10.1. The van der Waals surface area contributed by atoms with Crippen LogP contribution >= 0.6 is 15.9 Å². The number of hydrogen-bond donors (Lipinski definition) is 1. The van der Waals surface area contributed by atoms with Crippen LogP contribution in [0.4, 0.5) is 0 Å². The van der Waals surface area contributed by atoms with Gasteiger partial charge in [0.25, 0.3) is 0 Å². The van der Waals surface area contributed by atoms with Gasteiger partial charge in [-0.25, -0.2) is 0 Å². The molecule has 0 aliphatic heterocycles. The van der Waals surface area contributed by atoms with E-state index < -0.39 is 0 Å². The summed E-state index contributed by atoms with van der Waals surface area (Å²) in [5.41, 5.74) is 2.13. The van der Waals surface area contributed by atoms with Gasteiger partial charge in [0.2, 0.25) is 0 Å². The summed E-state index contributed by atoms with van der Waals surface area (Å²) in [6, 6.07) is 6.36. The van der Waals surface area contributed by atoms with Crippen LogP contribution in [0.5, 0.6) is 0 Å². The summed E-state index contributed by atoms with van der Waals surface area (Å²) in [6.07, 6.45) is 1.82. The van der Waals surface area contributed by atoms with E-state index in [2.05, 4.69) is 34.2 Å². The normalized spacial score (nSPS) is 13.4. The van der Waals surface area contributed by atoms with E-state index >= 15 is 0 Å². The highest BCUT2D eigenvalue weighted by molar-refractivity contribution is 9.10. The average molecular weight is 254 g/mol. The molecule has 1 aromatic carbocycles. The molecular formula is C11H12BrNO. The van der Waals surface area contributed by atoms with Gasteiger partial charge in [0.1, 0.15) is 5.58 Å². The van der Waals surface area contributed by atoms with Crippen molar-refractivity contribution in [2.45, 2.75) is 13.0 Å². The van der Waals surface area contributed by atoms with Crippen molar-refractivity contribution in [2.75, 3.05) is 7.05 Å². The smallest absolute Gasteiger partial charge is 0.134 e. The first-order chi connectivity index (χ1) is 6.72. The molecular weight excluding hydrogens is 242 g/mol. The van der Waals surface area contributed by atoms with E-state index in [4.69, 9.17) is 4.42 Å². The Kier molecular flexibility index (Phi) is 2.61. The van der Waals surface area contributed by atoms with Crippen LogP contribution in [0.25, 0.3) is 11.0 Å². The lowest BCUT2D eigenvalue weighted by Gasteiger charge is -2.07. The van der Waals surface area contributed by atoms with Crippen LogP contribution in [0.3, 0.4) is 0 Å². The highest BCUT2D eigenvalue weighted by atomic mass is 79.9. The average Bonchev–Trinajstić information content (AvgIpc) is 2.59. The van der Waals surface area contributed by atoms with Crippen LogP contribution in [-0.2, 0) is 0 Å². The maximum atomic E-state index is 5.47. The monoisotopic (exact) mass is 253 g/mol. The van der Waals surface area contributed by atoms with E-state index in [1.165, 1.54) is 10.9 Å². The Balaban J connectivity index is 2.61. The van der Waals surface area contributed by atoms with Crippen molar-refractivity contribution in [3.05, 3.63) is 34.5 Å². The fourth-order valence-electron chi connectivity index (χ4n) is 1.51. The second kappa shape index (κ2) is 3.75. The predicted octanol–water partition coefficient (Wildman–Crippen LogP) is 3.48. The zero-order valence-electron chi connectivity index (χ0n) is 8.17. The van der Waals surface area contributed by atoms with Crippen LogP contribution in [0.15, 0.2) is 33.4 Å². The molecule has 1 aromatic heterocycles. The SMILES string of the molecule is CNC(C)c1coc2ccc(Br)cc12. The molecule has 0 radical (unpaired) electrons. The molecule has 14 heavy (non-hydrogen) atoms. The molecule has 2 rings (SSSR count). The summed E-state index contributed by atoms with van der Waals surface area (Å²) in [5.74, 6) is 0. The van der Waals surface area contributed by atoms with Crippen molar-refractivity contribution >= 4 is 26.9 Å². The highest BCUT2D eigenvalue weighted by Gasteiger charge is 2.10. The maximum Gasteiger partial charge on any atom is 0.134 e. The van der Waals surface area contributed by atoms with Gasteiger partial charge < -0.3 is 9.73 Å². The van der Waals surface area contributed by atoms with E-state index in [-0.39, 0.29) is 0 Å². The lowest BCUT2D eigenvalue weighted by atomic mass is 10.1. The molecule has 2 aromatic rings. The molecule has 2 nitrogen and oxygen atoms in total. The molecule has 0 spiro atoms. The van der Waals surface area contributed by atoms with E-state index in [1.54, 1.807) is 0 Å². The van der Waals surface area contributed by atoms with Crippen molar-refractivity contribution in [1.82, 2.24) is 5.32 Å². The Labute approximate surface area is 91.4 Å². The number of furan rings is 1. The lowest BCUT2D eigenvalue weighted by Crippen LogP contribution is -2.11. The Morgan fingerprint density at radius 3 is 2.93 bits per heavy atom. The van der Waals surface area contributed by atoms with Gasteiger partial charge in [0.05, 0.1) is 6.26 Å². The lowest BCUT2D eigenvalue weighted by molar-refractivity contribution is 0.588. The van der Waals surface area contributed by atoms with Crippen molar-refractivity contribution in [2.24, 2.45) is 0 Å². The molecule has 1 heterocycles. The molecule has 0 saturated heterocycles. The number of fused-ring (bicyclic) bond motifs is 1. The molecule has 1 atom stereocenters. The van der Waals surface area contributed by atoms with Crippen molar-refractivity contribution in [3.8, 4) is 0 Å². The van der Waals surface area contributed by atoms with Crippen LogP contribution in [-0.4, -0.2) is 7.05 Å². The summed E-state index contributed by atoms with van der Waals surface area (Å²) in [5, 5.41) is 4.37. The quantitative estimate of drug-likeness (QED) is 0.887. The van der Waals surface area contributed by atoms with Gasteiger partial charge in [-0.3, -0.25) is 0 Å². The Morgan fingerprint density at radius 1 is 1.43 bits per heavy atom. The second-order valence-corrected chi connectivity index (χ2v) is 4.26. The fraction of sp³-hybridized carbons (Fsp3) is 0.273. The third-order valence-electron chi connectivity index (χ3n) is 2.46. The summed E-state index contributed by atoms with van der Waals surface area (Å²) in [7, 11) is 1.95. The van der Waals surface area contributed by atoms with E-state index in [0.717, 1.165) is 10.1 Å². The standard InChI is InChI=1S/C11H12BrNO/c1-7(13-2)10-6-14-11-4-3-8(12)5-9(10)11/h3-7,13H,1-2H3. The summed E-state index contributed by atoms with van der Waals surface area (Å²) >= 11 is 3.46. The first-order valence-corrected chi connectivity index (χ1v) is 5.35. The third-order valence-corrected chi connectivity index (χ3v) is 2.96. The molecule has 0 aliphatic carbocycles. The van der Waals surface area contributed by atoms with Crippen LogP contribution in [0.1, 0.15) is 18.5 Å². The van der Waals surface area contributed by atoms with Crippen LogP contribution < -0.4 is 5.32 Å². The number of halogens is 1. The summed E-state index contributed by atoms with van der Waals surface area (Å²) < 4.78 is 6.55. The summed E-state index contributed by atoms with van der Waals surface area (Å²) in [4.78, 5) is 0. The Morgan fingerprint density at radius 2 is 2.21 bits per heavy atom. The Bertz CT molecular complexity index is 449. The van der Waals surface area contributed by atoms with Gasteiger partial charge in [-0.2, -0.15) is 0 Å². The molecule has 0 bridgehead atoms. The molecule has 0 aliphatic rings. The van der Waals surface area contributed by atoms with Gasteiger partial charge in [-0.15, -0.1) is 0 Å². The van der Waals surface area contributed by atoms with Crippen molar-refractivity contribution in [3.63, 3.8) is 0 Å². The molecule has 1 N–H and O–H groups in total. The minimum Gasteiger partial charge on any atom is -0.464 e. The number of hydrogen-bond acceptors (Lipinski definition) is 2. The number of benzene rings is 1. The first kappa shape index (κ1) is 9.74. The van der Waals surface area contributed by atoms with E-state index in [1.807, 2.05) is 25.4 Å². The predicted molar refractivity (Wildman–Crippen MR) is 61.4 cm³/mol. The minimum atomic E-state index is 0.311. The van der Waals surface area contributed by atoms with Gasteiger partial charge in [0, 0.05) is 21.5 Å². The van der Waals surface area contributed by atoms with Gasteiger partial charge in [-0.1, -0.05) is 15.9 Å². The molecule has 0 fully saturated rings. The molecule has 74 valence electrons. The maximum absolute atomic E-state index is 5.47. The second-order valence-electron chi connectivity index (χ2n) is 3.34. The molecule has 1 unspecified atom stereocenters. The van der Waals surface area contributed by atoms with Gasteiger partial charge in [0.15, 0.2) is 0 Å². The fourth-order valence-corrected chi connectivity index (χ4v) is 1.87. The first-order valence-electron chi connectivity index (χ1n) is 4.56. The third kappa shape index (κ3) is 1.57. The zero-order valence-corrected chi connectivity index (χ0v) is 9.76. The topological polar surface area (TPSA) is 25.2 Å². The minimum absolute atomic E-state index is 0.311. The van der Waals surface area contributed by atoms with Gasteiger partial charge in [-0.05, 0) is 32.2 Å². The number of nitrogens with one attached hydrogen (secondary N) is 1. The number of rotatable bonds is 2. The van der Waals surface area contributed by atoms with Crippen LogP contribution in [0, 0.1) is 0 Å².